The standard InChI is InChI=1S/C15H16F2O3/c1-9(5-10(2)19-3)13(18)7-11-6-12(16)15(17)14(8-11)20-4/h5-6,8H,2,7H2,1,3-4H3/b9-5+. The first kappa shape index (κ1) is 15.9. The van der Waals surface area contributed by atoms with Crippen molar-refractivity contribution in [2.75, 3.05) is 14.2 Å². The Morgan fingerprint density at radius 2 is 2.00 bits per heavy atom. The number of carbonyl (C=O) groups is 1. The largest absolute Gasteiger partial charge is 0.497 e. The van der Waals surface area contributed by atoms with E-state index in [1.807, 2.05) is 0 Å². The maximum absolute atomic E-state index is 13.3. The fraction of sp³-hybridized carbons (Fsp3) is 0.267. The van der Waals surface area contributed by atoms with E-state index >= 15 is 0 Å². The summed E-state index contributed by atoms with van der Waals surface area (Å²) in [6.45, 7) is 5.18. The Bertz CT molecular complexity index is 562. The summed E-state index contributed by atoms with van der Waals surface area (Å²) in [5, 5.41) is 0. The zero-order chi connectivity index (χ0) is 15.3. The number of benzene rings is 1. The molecule has 0 saturated heterocycles. The molecule has 0 aromatic heterocycles. The zero-order valence-electron chi connectivity index (χ0n) is 11.6. The summed E-state index contributed by atoms with van der Waals surface area (Å²) in [4.78, 5) is 11.9. The Labute approximate surface area is 116 Å². The fourth-order valence-corrected chi connectivity index (χ4v) is 1.57. The monoisotopic (exact) mass is 282 g/mol. The van der Waals surface area contributed by atoms with Gasteiger partial charge < -0.3 is 9.47 Å². The van der Waals surface area contributed by atoms with Crippen LogP contribution in [0, 0.1) is 11.6 Å². The molecule has 1 aromatic rings. The molecule has 0 aliphatic heterocycles. The maximum atomic E-state index is 13.3. The third-order valence-electron chi connectivity index (χ3n) is 2.72. The molecule has 0 atom stereocenters. The van der Waals surface area contributed by atoms with Crippen molar-refractivity contribution in [3.05, 3.63) is 53.3 Å². The van der Waals surface area contributed by atoms with Crippen LogP contribution in [0.2, 0.25) is 0 Å². The van der Waals surface area contributed by atoms with Crippen LogP contribution in [0.25, 0.3) is 0 Å². The lowest BCUT2D eigenvalue weighted by atomic mass is 10.0. The number of hydrogen-bond donors (Lipinski definition) is 0. The Hall–Kier alpha value is -2.17. The van der Waals surface area contributed by atoms with E-state index in [0.29, 0.717) is 16.9 Å². The van der Waals surface area contributed by atoms with Crippen molar-refractivity contribution in [2.45, 2.75) is 13.3 Å². The SMILES string of the molecule is C=C(/C=C(\C)C(=O)Cc1cc(F)c(F)c(OC)c1)OC. The smallest absolute Gasteiger partial charge is 0.200 e. The molecular formula is C15H16F2O3. The van der Waals surface area contributed by atoms with E-state index in [1.165, 1.54) is 26.4 Å². The summed E-state index contributed by atoms with van der Waals surface area (Å²) in [6, 6.07) is 2.28. The fourth-order valence-electron chi connectivity index (χ4n) is 1.57. The second kappa shape index (κ2) is 6.84. The van der Waals surface area contributed by atoms with Gasteiger partial charge in [0.2, 0.25) is 5.82 Å². The molecule has 0 bridgehead atoms. The van der Waals surface area contributed by atoms with Crippen molar-refractivity contribution in [3.63, 3.8) is 0 Å². The minimum atomic E-state index is -1.07. The minimum Gasteiger partial charge on any atom is -0.497 e. The van der Waals surface area contributed by atoms with Gasteiger partial charge in [-0.3, -0.25) is 4.79 Å². The number of allylic oxidation sites excluding steroid dienone is 2. The molecule has 3 nitrogen and oxygen atoms in total. The average Bonchev–Trinajstić information content (AvgIpc) is 2.42. The van der Waals surface area contributed by atoms with Gasteiger partial charge in [-0.2, -0.15) is 4.39 Å². The number of ketones is 1. The number of rotatable bonds is 6. The van der Waals surface area contributed by atoms with Gasteiger partial charge >= 0.3 is 0 Å². The Morgan fingerprint density at radius 1 is 1.35 bits per heavy atom. The van der Waals surface area contributed by atoms with Gasteiger partial charge in [0.1, 0.15) is 5.76 Å². The molecule has 1 aromatic carbocycles. The van der Waals surface area contributed by atoms with E-state index in [2.05, 4.69) is 6.58 Å². The van der Waals surface area contributed by atoms with Crippen molar-refractivity contribution in [1.82, 2.24) is 0 Å². The molecule has 0 saturated carbocycles. The van der Waals surface area contributed by atoms with Crippen LogP contribution in [0.4, 0.5) is 8.78 Å². The van der Waals surface area contributed by atoms with Crippen molar-refractivity contribution in [2.24, 2.45) is 0 Å². The first-order valence-corrected chi connectivity index (χ1v) is 5.85. The van der Waals surface area contributed by atoms with Crippen LogP contribution < -0.4 is 4.74 Å². The number of methoxy groups -OCH3 is 2. The van der Waals surface area contributed by atoms with Gasteiger partial charge in [0.15, 0.2) is 17.3 Å². The molecule has 0 radical (unpaired) electrons. The molecule has 0 amide bonds. The van der Waals surface area contributed by atoms with E-state index in [4.69, 9.17) is 9.47 Å². The molecule has 1 rings (SSSR count). The predicted molar refractivity (Wildman–Crippen MR) is 71.5 cm³/mol. The number of halogens is 2. The Morgan fingerprint density at radius 3 is 2.55 bits per heavy atom. The molecular weight excluding hydrogens is 266 g/mol. The van der Waals surface area contributed by atoms with Gasteiger partial charge in [-0.05, 0) is 36.3 Å². The molecule has 0 fully saturated rings. The van der Waals surface area contributed by atoms with Gasteiger partial charge in [-0.25, -0.2) is 4.39 Å². The zero-order valence-corrected chi connectivity index (χ0v) is 11.6. The highest BCUT2D eigenvalue weighted by molar-refractivity contribution is 5.96. The lowest BCUT2D eigenvalue weighted by Crippen LogP contribution is -2.06. The van der Waals surface area contributed by atoms with Crippen LogP contribution in [0.3, 0.4) is 0 Å². The van der Waals surface area contributed by atoms with Crippen LogP contribution in [-0.2, 0) is 16.0 Å². The summed E-state index contributed by atoms with van der Waals surface area (Å²) in [5.41, 5.74) is 0.752. The van der Waals surface area contributed by atoms with Crippen LogP contribution in [0.15, 0.2) is 36.1 Å². The van der Waals surface area contributed by atoms with Crippen LogP contribution in [0.5, 0.6) is 5.75 Å². The van der Waals surface area contributed by atoms with Gasteiger partial charge in [-0.15, -0.1) is 0 Å². The molecule has 0 aliphatic rings. The summed E-state index contributed by atoms with van der Waals surface area (Å²) < 4.78 is 36.2. The van der Waals surface area contributed by atoms with Gasteiger partial charge in [-0.1, -0.05) is 6.58 Å². The quantitative estimate of drug-likeness (QED) is 0.456. The summed E-state index contributed by atoms with van der Waals surface area (Å²) in [7, 11) is 2.67. The Balaban J connectivity index is 2.94. The highest BCUT2D eigenvalue weighted by Crippen LogP contribution is 2.22. The maximum Gasteiger partial charge on any atom is 0.200 e. The highest BCUT2D eigenvalue weighted by Gasteiger charge is 2.14. The van der Waals surface area contributed by atoms with Gasteiger partial charge in [0, 0.05) is 6.42 Å². The molecule has 20 heavy (non-hydrogen) atoms. The molecule has 0 unspecified atom stereocenters. The highest BCUT2D eigenvalue weighted by atomic mass is 19.2. The summed E-state index contributed by atoms with van der Waals surface area (Å²) in [6.07, 6.45) is 1.42. The molecule has 0 spiro atoms. The van der Waals surface area contributed by atoms with Crippen molar-refractivity contribution >= 4 is 5.78 Å². The molecule has 5 heteroatoms. The van der Waals surface area contributed by atoms with E-state index in [0.717, 1.165) is 6.07 Å². The van der Waals surface area contributed by atoms with Crippen LogP contribution >= 0.6 is 0 Å². The Kier molecular flexibility index (Phi) is 5.43. The summed E-state index contributed by atoms with van der Waals surface area (Å²) >= 11 is 0. The normalized spacial score (nSPS) is 11.2. The van der Waals surface area contributed by atoms with Crippen LogP contribution in [0.1, 0.15) is 12.5 Å². The van der Waals surface area contributed by atoms with Crippen molar-refractivity contribution in [3.8, 4) is 5.75 Å². The number of Topliss-reactive ketones (excluding diaryl/α,β-unsaturated/α-hetero) is 1. The molecule has 0 heterocycles. The minimum absolute atomic E-state index is 0.0626. The third kappa shape index (κ3) is 3.91. The van der Waals surface area contributed by atoms with E-state index in [-0.39, 0.29) is 18.0 Å². The molecule has 0 aliphatic carbocycles. The van der Waals surface area contributed by atoms with Crippen LogP contribution in [-0.4, -0.2) is 20.0 Å². The lowest BCUT2D eigenvalue weighted by Gasteiger charge is -2.07. The molecule has 0 N–H and O–H groups in total. The molecule has 108 valence electrons. The lowest BCUT2D eigenvalue weighted by molar-refractivity contribution is -0.114. The van der Waals surface area contributed by atoms with E-state index in [1.54, 1.807) is 6.92 Å². The van der Waals surface area contributed by atoms with Gasteiger partial charge in [0.25, 0.3) is 0 Å². The predicted octanol–water partition coefficient (Wildman–Crippen LogP) is 3.19. The van der Waals surface area contributed by atoms with Gasteiger partial charge in [0.05, 0.1) is 14.2 Å². The third-order valence-corrected chi connectivity index (χ3v) is 2.72. The number of ether oxygens (including phenoxy) is 2. The second-order valence-electron chi connectivity index (χ2n) is 4.19. The number of hydrogen-bond acceptors (Lipinski definition) is 3. The number of carbonyl (C=O) groups excluding carboxylic acids is 1. The average molecular weight is 282 g/mol. The van der Waals surface area contributed by atoms with Crippen molar-refractivity contribution in [1.29, 1.82) is 0 Å². The van der Waals surface area contributed by atoms with E-state index < -0.39 is 11.6 Å². The summed E-state index contributed by atoms with van der Waals surface area (Å²) in [5.74, 6) is -2.23. The second-order valence-corrected chi connectivity index (χ2v) is 4.19. The topological polar surface area (TPSA) is 35.5 Å². The van der Waals surface area contributed by atoms with E-state index in [9.17, 15) is 13.6 Å². The first-order valence-electron chi connectivity index (χ1n) is 5.85. The first-order chi connectivity index (χ1) is 9.38. The van der Waals surface area contributed by atoms with Crippen molar-refractivity contribution < 1.29 is 23.0 Å².